The number of piperidine rings is 1. The van der Waals surface area contributed by atoms with Crippen molar-refractivity contribution in [2.45, 2.75) is 43.7 Å². The number of ether oxygens (including phenoxy) is 2. The molecular formula is C31H34BrN3O4. The topological polar surface area (TPSA) is 83.4 Å². The summed E-state index contributed by atoms with van der Waals surface area (Å²) in [6.45, 7) is 2.18. The monoisotopic (exact) mass is 591 g/mol. The summed E-state index contributed by atoms with van der Waals surface area (Å²) >= 11 is 3.52. The van der Waals surface area contributed by atoms with Gasteiger partial charge in [0.15, 0.2) is 11.6 Å². The number of nitrogens with zero attached hydrogens (tertiary/aromatic N) is 2. The highest BCUT2D eigenvalue weighted by molar-refractivity contribution is 9.10. The van der Waals surface area contributed by atoms with Gasteiger partial charge in [0, 0.05) is 42.6 Å². The van der Waals surface area contributed by atoms with Gasteiger partial charge in [0.1, 0.15) is 5.75 Å². The van der Waals surface area contributed by atoms with Crippen molar-refractivity contribution in [3.05, 3.63) is 100 Å². The van der Waals surface area contributed by atoms with Crippen LogP contribution in [0.4, 0.5) is 0 Å². The van der Waals surface area contributed by atoms with Crippen molar-refractivity contribution in [3.8, 4) is 5.75 Å². The number of aliphatic hydroxyl groups is 1. The lowest BCUT2D eigenvalue weighted by Crippen LogP contribution is -2.56. The number of hydrogen-bond donors (Lipinski definition) is 2. The van der Waals surface area contributed by atoms with Crippen LogP contribution in [0, 0.1) is 0 Å². The second-order valence-corrected chi connectivity index (χ2v) is 10.9. The third-order valence-electron chi connectivity index (χ3n) is 7.13. The van der Waals surface area contributed by atoms with Crippen molar-refractivity contribution in [2.75, 3.05) is 26.3 Å². The Balaban J connectivity index is 1.53. The van der Waals surface area contributed by atoms with Crippen LogP contribution in [0.3, 0.4) is 0 Å². The molecule has 0 bridgehead atoms. The largest absolute Gasteiger partial charge is 0.494 e. The van der Waals surface area contributed by atoms with Crippen LogP contribution in [0.5, 0.6) is 5.75 Å². The first-order valence-electron chi connectivity index (χ1n) is 13.5. The molecule has 0 unspecified atom stereocenters. The minimum absolute atomic E-state index is 0.0869. The first kappa shape index (κ1) is 27.4. The normalized spacial score (nSPS) is 21.2. The molecule has 0 aromatic heterocycles. The highest BCUT2D eigenvalue weighted by Crippen LogP contribution is 2.42. The molecule has 3 aromatic rings. The number of benzene rings is 3. The molecule has 2 atom stereocenters. The SMILES string of the molecule is O=C(NN1CCCCC1)[C@@]1(Cc2ccc(Br)cc2)N=C(c2ccc(OCCCO)cc2)O[C@H]1c1ccccc1. The van der Waals surface area contributed by atoms with E-state index in [-0.39, 0.29) is 12.5 Å². The number of carbonyl (C=O) groups excluding carboxylic acids is 1. The van der Waals surface area contributed by atoms with Crippen LogP contribution >= 0.6 is 15.9 Å². The smallest absolute Gasteiger partial charge is 0.266 e. The van der Waals surface area contributed by atoms with Crippen molar-refractivity contribution in [1.29, 1.82) is 0 Å². The number of carbonyl (C=O) groups is 1. The predicted octanol–water partition coefficient (Wildman–Crippen LogP) is 5.23. The Morgan fingerprint density at radius 1 is 1.03 bits per heavy atom. The van der Waals surface area contributed by atoms with Crippen molar-refractivity contribution in [3.63, 3.8) is 0 Å². The van der Waals surface area contributed by atoms with E-state index in [4.69, 9.17) is 19.6 Å². The van der Waals surface area contributed by atoms with Gasteiger partial charge < -0.3 is 14.6 Å². The van der Waals surface area contributed by atoms with Crippen molar-refractivity contribution in [1.82, 2.24) is 10.4 Å². The summed E-state index contributed by atoms with van der Waals surface area (Å²) in [7, 11) is 0. The van der Waals surface area contributed by atoms with Crippen molar-refractivity contribution in [2.24, 2.45) is 4.99 Å². The van der Waals surface area contributed by atoms with Gasteiger partial charge in [0.05, 0.1) is 6.61 Å². The van der Waals surface area contributed by atoms with Gasteiger partial charge in [-0.2, -0.15) is 0 Å². The summed E-state index contributed by atoms with van der Waals surface area (Å²) in [5, 5.41) is 11.0. The maximum absolute atomic E-state index is 14.3. The van der Waals surface area contributed by atoms with Crippen molar-refractivity contribution >= 4 is 27.7 Å². The van der Waals surface area contributed by atoms with Gasteiger partial charge in [-0.05, 0) is 60.4 Å². The van der Waals surface area contributed by atoms with Crippen molar-refractivity contribution < 1.29 is 19.4 Å². The average Bonchev–Trinajstić information content (AvgIpc) is 3.36. The quantitative estimate of drug-likeness (QED) is 0.316. The molecule has 0 radical (unpaired) electrons. The summed E-state index contributed by atoms with van der Waals surface area (Å²) in [6, 6.07) is 25.4. The van der Waals surface area contributed by atoms with Gasteiger partial charge >= 0.3 is 0 Å². The molecule has 2 heterocycles. The Bertz CT molecular complexity index is 1260. The van der Waals surface area contributed by atoms with Gasteiger partial charge in [-0.3, -0.25) is 10.2 Å². The number of aliphatic hydroxyl groups excluding tert-OH is 1. The number of hydrogen-bond acceptors (Lipinski definition) is 6. The number of halogens is 1. The summed E-state index contributed by atoms with van der Waals surface area (Å²) < 4.78 is 13.3. The van der Waals surface area contributed by atoms with Gasteiger partial charge in [-0.1, -0.05) is 64.8 Å². The van der Waals surface area contributed by atoms with Crippen LogP contribution in [-0.2, 0) is 16.0 Å². The molecule has 1 amide bonds. The summed E-state index contributed by atoms with van der Waals surface area (Å²) in [4.78, 5) is 19.4. The number of nitrogens with one attached hydrogen (secondary N) is 1. The lowest BCUT2D eigenvalue weighted by Gasteiger charge is -2.34. The molecule has 0 spiro atoms. The molecule has 2 aliphatic heterocycles. The Morgan fingerprint density at radius 3 is 2.44 bits per heavy atom. The zero-order chi connectivity index (χ0) is 27.1. The molecule has 5 rings (SSSR count). The number of hydrazine groups is 1. The van der Waals surface area contributed by atoms with E-state index < -0.39 is 11.6 Å². The van der Waals surface area contributed by atoms with Crippen LogP contribution in [-0.4, -0.2) is 53.8 Å². The first-order chi connectivity index (χ1) is 19.1. The van der Waals surface area contributed by atoms with E-state index in [1.807, 2.05) is 83.9 Å². The van der Waals surface area contributed by atoms with Gasteiger partial charge in [0.2, 0.25) is 5.90 Å². The van der Waals surface area contributed by atoms with E-state index in [1.165, 1.54) is 6.42 Å². The van der Waals surface area contributed by atoms with Crippen LogP contribution in [0.25, 0.3) is 0 Å². The van der Waals surface area contributed by atoms with E-state index in [0.717, 1.165) is 47.1 Å². The first-order valence-corrected chi connectivity index (χ1v) is 14.3. The zero-order valence-corrected chi connectivity index (χ0v) is 23.5. The molecule has 2 aliphatic rings. The zero-order valence-electron chi connectivity index (χ0n) is 21.9. The second kappa shape index (κ2) is 12.8. The van der Waals surface area contributed by atoms with Crippen LogP contribution in [0.1, 0.15) is 48.5 Å². The lowest BCUT2D eigenvalue weighted by molar-refractivity contribution is -0.134. The molecule has 0 aliphatic carbocycles. The van der Waals surface area contributed by atoms with Crippen LogP contribution < -0.4 is 10.2 Å². The molecule has 39 heavy (non-hydrogen) atoms. The standard InChI is InChI=1S/C31H34BrN3O4/c32-26-14-10-23(11-15-26)22-31(30(37)34-35-18-5-2-6-19-35)28(24-8-3-1-4-9-24)39-29(33-31)25-12-16-27(17-13-25)38-21-7-20-36/h1,3-4,8-17,28,36H,2,5-7,18-22H2,(H,34,37)/t28-,31-/m0/s1. The summed E-state index contributed by atoms with van der Waals surface area (Å²) in [5.41, 5.74) is 4.65. The van der Waals surface area contributed by atoms with Crippen LogP contribution in [0.2, 0.25) is 0 Å². The maximum Gasteiger partial charge on any atom is 0.266 e. The third-order valence-corrected chi connectivity index (χ3v) is 7.66. The van der Waals surface area contributed by atoms with E-state index in [9.17, 15) is 4.79 Å². The summed E-state index contributed by atoms with van der Waals surface area (Å²) in [6.07, 6.45) is 3.63. The molecule has 1 fully saturated rings. The average molecular weight is 593 g/mol. The fraction of sp³-hybridized carbons (Fsp3) is 0.355. The molecular weight excluding hydrogens is 558 g/mol. The Hall–Kier alpha value is -3.20. The fourth-order valence-corrected chi connectivity index (χ4v) is 5.33. The molecule has 7 nitrogen and oxygen atoms in total. The van der Waals surface area contributed by atoms with E-state index in [1.54, 1.807) is 0 Å². The fourth-order valence-electron chi connectivity index (χ4n) is 5.07. The number of rotatable bonds is 10. The minimum atomic E-state index is -1.21. The lowest BCUT2D eigenvalue weighted by atomic mass is 9.82. The van der Waals surface area contributed by atoms with Gasteiger partial charge in [-0.15, -0.1) is 0 Å². The molecule has 3 aromatic carbocycles. The Morgan fingerprint density at radius 2 is 1.74 bits per heavy atom. The number of aliphatic imine (C=N–C) groups is 1. The van der Waals surface area contributed by atoms with Gasteiger partial charge in [-0.25, -0.2) is 10.0 Å². The van der Waals surface area contributed by atoms with Gasteiger partial charge in [0.25, 0.3) is 5.91 Å². The van der Waals surface area contributed by atoms with E-state index in [0.29, 0.717) is 31.1 Å². The molecule has 1 saturated heterocycles. The predicted molar refractivity (Wildman–Crippen MR) is 155 cm³/mol. The second-order valence-electron chi connectivity index (χ2n) is 9.99. The number of amides is 1. The third kappa shape index (κ3) is 6.52. The minimum Gasteiger partial charge on any atom is -0.494 e. The maximum atomic E-state index is 14.3. The molecule has 2 N–H and O–H groups in total. The van der Waals surface area contributed by atoms with E-state index in [2.05, 4.69) is 21.4 Å². The Kier molecular flexibility index (Phi) is 8.96. The highest BCUT2D eigenvalue weighted by Gasteiger charge is 2.53. The highest BCUT2D eigenvalue weighted by atomic mass is 79.9. The molecule has 204 valence electrons. The summed E-state index contributed by atoms with van der Waals surface area (Å²) in [5.74, 6) is 0.964. The molecule has 8 heteroatoms. The molecule has 0 saturated carbocycles. The van der Waals surface area contributed by atoms with Crippen LogP contribution in [0.15, 0.2) is 88.3 Å². The Labute approximate surface area is 238 Å². The van der Waals surface area contributed by atoms with E-state index >= 15 is 0 Å².